The Bertz CT molecular complexity index is 580. The van der Waals surface area contributed by atoms with Crippen molar-refractivity contribution in [1.82, 2.24) is 10.5 Å². The molecular formula is C15H16N2O. The van der Waals surface area contributed by atoms with E-state index in [1.54, 1.807) is 0 Å². The molecule has 0 radical (unpaired) electrons. The third-order valence-electron chi connectivity index (χ3n) is 4.06. The first-order chi connectivity index (χ1) is 8.79. The summed E-state index contributed by atoms with van der Waals surface area (Å²) in [5.74, 6) is 1.75. The van der Waals surface area contributed by atoms with E-state index in [2.05, 4.69) is 47.7 Å². The highest BCUT2D eigenvalue weighted by atomic mass is 16.5. The summed E-state index contributed by atoms with van der Waals surface area (Å²) >= 11 is 0. The second kappa shape index (κ2) is 3.69. The predicted octanol–water partition coefficient (Wildman–Crippen LogP) is 3.07. The second-order valence-corrected chi connectivity index (χ2v) is 5.54. The number of piperidine rings is 1. The molecule has 4 rings (SSSR count). The maximum atomic E-state index is 5.48. The van der Waals surface area contributed by atoms with Gasteiger partial charge in [-0.2, -0.15) is 0 Å². The Kier molecular flexibility index (Phi) is 2.12. The molecule has 2 fully saturated rings. The van der Waals surface area contributed by atoms with Gasteiger partial charge < -0.3 is 9.84 Å². The Morgan fingerprint density at radius 1 is 1.28 bits per heavy atom. The molecular weight excluding hydrogens is 224 g/mol. The summed E-state index contributed by atoms with van der Waals surface area (Å²) in [5.41, 5.74) is 3.40. The Labute approximate surface area is 106 Å². The Morgan fingerprint density at radius 2 is 2.22 bits per heavy atom. The van der Waals surface area contributed by atoms with Crippen LogP contribution >= 0.6 is 0 Å². The smallest absolute Gasteiger partial charge is 0.167 e. The number of rotatable bonds is 2. The van der Waals surface area contributed by atoms with Crippen molar-refractivity contribution in [3.63, 3.8) is 0 Å². The summed E-state index contributed by atoms with van der Waals surface area (Å²) in [5, 5.41) is 7.82. The molecule has 0 bridgehead atoms. The molecule has 1 aromatic carbocycles. The number of fused-ring (bicyclic) bond motifs is 1. The minimum atomic E-state index is 0.399. The van der Waals surface area contributed by atoms with Gasteiger partial charge in [0.1, 0.15) is 5.69 Å². The van der Waals surface area contributed by atoms with E-state index in [1.165, 1.54) is 18.4 Å². The van der Waals surface area contributed by atoms with Crippen molar-refractivity contribution in [3.05, 3.63) is 41.6 Å². The monoisotopic (exact) mass is 240 g/mol. The highest BCUT2D eigenvalue weighted by Crippen LogP contribution is 2.46. The van der Waals surface area contributed by atoms with Crippen molar-refractivity contribution in [2.45, 2.75) is 31.8 Å². The third-order valence-corrected chi connectivity index (χ3v) is 4.06. The zero-order valence-corrected chi connectivity index (χ0v) is 10.4. The van der Waals surface area contributed by atoms with Gasteiger partial charge >= 0.3 is 0 Å². The van der Waals surface area contributed by atoms with E-state index < -0.39 is 0 Å². The van der Waals surface area contributed by atoms with Crippen LogP contribution < -0.4 is 5.32 Å². The average Bonchev–Trinajstić information content (AvgIpc) is 2.83. The molecule has 3 nitrogen and oxygen atoms in total. The van der Waals surface area contributed by atoms with Gasteiger partial charge in [-0.1, -0.05) is 28.9 Å². The molecule has 3 atom stereocenters. The Balaban J connectivity index is 1.61. The van der Waals surface area contributed by atoms with E-state index >= 15 is 0 Å². The Morgan fingerprint density at radius 3 is 3.00 bits per heavy atom. The molecule has 0 amide bonds. The van der Waals surface area contributed by atoms with Crippen LogP contribution in [0.2, 0.25) is 0 Å². The molecule has 1 saturated heterocycles. The molecule has 2 aliphatic rings. The standard InChI is InChI=1S/C15H16N2O/c1-9-3-2-4-10(5-9)15-8-14(17-18-15)13-7-11-6-12(11)16-13/h2-5,8,11-13,16H,6-7H2,1H3. The van der Waals surface area contributed by atoms with E-state index in [4.69, 9.17) is 4.52 Å². The van der Waals surface area contributed by atoms with Crippen LogP contribution in [0.1, 0.15) is 30.1 Å². The molecule has 1 aliphatic heterocycles. The van der Waals surface area contributed by atoms with Gasteiger partial charge in [-0.05, 0) is 31.7 Å². The van der Waals surface area contributed by atoms with Gasteiger partial charge in [-0.3, -0.25) is 0 Å². The quantitative estimate of drug-likeness (QED) is 0.876. The topological polar surface area (TPSA) is 38.1 Å². The lowest BCUT2D eigenvalue weighted by Gasteiger charge is -2.07. The molecule has 0 spiro atoms. The number of nitrogens with one attached hydrogen (secondary N) is 1. The largest absolute Gasteiger partial charge is 0.356 e. The molecule has 1 aromatic heterocycles. The summed E-state index contributed by atoms with van der Waals surface area (Å²) in [4.78, 5) is 0. The van der Waals surface area contributed by atoms with Gasteiger partial charge in [-0.15, -0.1) is 0 Å². The van der Waals surface area contributed by atoms with Crippen LogP contribution in [0.4, 0.5) is 0 Å². The first-order valence-corrected chi connectivity index (χ1v) is 6.59. The SMILES string of the molecule is Cc1cccc(-c2cc(C3CC4CC4N3)no2)c1. The van der Waals surface area contributed by atoms with Crippen LogP contribution in [-0.2, 0) is 0 Å². The van der Waals surface area contributed by atoms with Gasteiger partial charge in [0.2, 0.25) is 0 Å². The molecule has 18 heavy (non-hydrogen) atoms. The van der Waals surface area contributed by atoms with Crippen molar-refractivity contribution < 1.29 is 4.52 Å². The van der Waals surface area contributed by atoms with E-state index in [0.29, 0.717) is 6.04 Å². The number of aryl methyl sites for hydroxylation is 1. The molecule has 92 valence electrons. The van der Waals surface area contributed by atoms with Gasteiger partial charge in [0.05, 0.1) is 6.04 Å². The molecule has 3 heteroatoms. The highest BCUT2D eigenvalue weighted by molar-refractivity contribution is 5.58. The lowest BCUT2D eigenvalue weighted by molar-refractivity contribution is 0.407. The fourth-order valence-corrected chi connectivity index (χ4v) is 2.94. The molecule has 1 saturated carbocycles. The lowest BCUT2D eigenvalue weighted by atomic mass is 10.1. The first-order valence-electron chi connectivity index (χ1n) is 6.59. The van der Waals surface area contributed by atoms with E-state index in [9.17, 15) is 0 Å². The maximum Gasteiger partial charge on any atom is 0.167 e. The lowest BCUT2D eigenvalue weighted by Crippen LogP contribution is -2.17. The van der Waals surface area contributed by atoms with Gasteiger partial charge in [-0.25, -0.2) is 0 Å². The van der Waals surface area contributed by atoms with Crippen LogP contribution in [0.15, 0.2) is 34.9 Å². The number of benzene rings is 1. The van der Waals surface area contributed by atoms with Crippen LogP contribution in [0, 0.1) is 12.8 Å². The molecule has 2 heterocycles. The molecule has 3 unspecified atom stereocenters. The number of nitrogens with zero attached hydrogens (tertiary/aromatic N) is 1. The third kappa shape index (κ3) is 1.66. The fraction of sp³-hybridized carbons (Fsp3) is 0.400. The van der Waals surface area contributed by atoms with Crippen LogP contribution in [0.3, 0.4) is 0 Å². The van der Waals surface area contributed by atoms with E-state index in [1.807, 2.05) is 0 Å². The van der Waals surface area contributed by atoms with E-state index in [-0.39, 0.29) is 0 Å². The molecule has 2 aromatic rings. The summed E-state index contributed by atoms with van der Waals surface area (Å²) < 4.78 is 5.48. The normalized spacial score (nSPS) is 29.3. The van der Waals surface area contributed by atoms with Crippen LogP contribution in [0.5, 0.6) is 0 Å². The molecule has 1 aliphatic carbocycles. The minimum Gasteiger partial charge on any atom is -0.356 e. The van der Waals surface area contributed by atoms with Gasteiger partial charge in [0.15, 0.2) is 5.76 Å². The Hall–Kier alpha value is -1.61. The highest BCUT2D eigenvalue weighted by Gasteiger charge is 2.46. The van der Waals surface area contributed by atoms with Gasteiger partial charge in [0, 0.05) is 17.7 Å². The number of hydrogen-bond donors (Lipinski definition) is 1. The molecule has 1 N–H and O–H groups in total. The predicted molar refractivity (Wildman–Crippen MR) is 69.1 cm³/mol. The number of hydrogen-bond acceptors (Lipinski definition) is 3. The van der Waals surface area contributed by atoms with Crippen molar-refractivity contribution in [2.75, 3.05) is 0 Å². The van der Waals surface area contributed by atoms with Crippen molar-refractivity contribution in [3.8, 4) is 11.3 Å². The zero-order valence-electron chi connectivity index (χ0n) is 10.4. The van der Waals surface area contributed by atoms with Crippen LogP contribution in [0.25, 0.3) is 11.3 Å². The minimum absolute atomic E-state index is 0.399. The van der Waals surface area contributed by atoms with Crippen molar-refractivity contribution in [1.29, 1.82) is 0 Å². The summed E-state index contributed by atoms with van der Waals surface area (Å²) in [6.07, 6.45) is 2.56. The number of aromatic nitrogens is 1. The zero-order chi connectivity index (χ0) is 12.1. The van der Waals surface area contributed by atoms with E-state index in [0.717, 1.165) is 29.0 Å². The van der Waals surface area contributed by atoms with Crippen molar-refractivity contribution >= 4 is 0 Å². The summed E-state index contributed by atoms with van der Waals surface area (Å²) in [6.45, 7) is 2.09. The summed E-state index contributed by atoms with van der Waals surface area (Å²) in [7, 11) is 0. The van der Waals surface area contributed by atoms with Gasteiger partial charge in [0.25, 0.3) is 0 Å². The fourth-order valence-electron chi connectivity index (χ4n) is 2.94. The van der Waals surface area contributed by atoms with Crippen molar-refractivity contribution in [2.24, 2.45) is 5.92 Å². The maximum absolute atomic E-state index is 5.48. The van der Waals surface area contributed by atoms with Crippen LogP contribution in [-0.4, -0.2) is 11.2 Å². The second-order valence-electron chi connectivity index (χ2n) is 5.54. The first kappa shape index (κ1) is 10.3. The average molecular weight is 240 g/mol. The summed E-state index contributed by atoms with van der Waals surface area (Å²) in [6, 6.07) is 11.6.